The van der Waals surface area contributed by atoms with Gasteiger partial charge in [0.1, 0.15) is 11.8 Å². The Morgan fingerprint density at radius 3 is 2.70 bits per heavy atom. The fourth-order valence-electron chi connectivity index (χ4n) is 1.72. The van der Waals surface area contributed by atoms with Crippen LogP contribution in [0.4, 0.5) is 13.9 Å². The Hall–Kier alpha value is -2.10. The van der Waals surface area contributed by atoms with Crippen LogP contribution in [0.3, 0.4) is 0 Å². The topological polar surface area (TPSA) is 86.5 Å². The Kier molecular flexibility index (Phi) is 5.97. The maximum Gasteiger partial charge on any atom is 0.387 e. The second kappa shape index (κ2) is 7.95. The first-order valence-electron chi connectivity index (χ1n) is 6.55. The average molecular weight is 343 g/mol. The summed E-state index contributed by atoms with van der Waals surface area (Å²) < 4.78 is 33.3. The first-order valence-corrected chi connectivity index (χ1v) is 7.43. The van der Waals surface area contributed by atoms with Gasteiger partial charge in [0, 0.05) is 18.1 Å². The minimum atomic E-state index is -2.86. The molecule has 0 aliphatic carbocycles. The number of alkyl halides is 2. The number of aromatic nitrogens is 1. The summed E-state index contributed by atoms with van der Waals surface area (Å²) in [5.74, 6) is -0.327. The van der Waals surface area contributed by atoms with Gasteiger partial charge >= 0.3 is 6.61 Å². The number of benzene rings is 1. The summed E-state index contributed by atoms with van der Waals surface area (Å²) in [5.41, 5.74) is 6.93. The van der Waals surface area contributed by atoms with E-state index in [1.165, 1.54) is 30.6 Å². The van der Waals surface area contributed by atoms with Crippen molar-refractivity contribution in [2.24, 2.45) is 5.73 Å². The zero-order chi connectivity index (χ0) is 16.8. The van der Waals surface area contributed by atoms with Gasteiger partial charge in [-0.25, -0.2) is 4.98 Å². The van der Waals surface area contributed by atoms with Crippen molar-refractivity contribution in [1.29, 1.82) is 0 Å². The Morgan fingerprint density at radius 2 is 2.09 bits per heavy atom. The number of rotatable bonds is 7. The fourth-order valence-corrected chi connectivity index (χ4v) is 2.45. The number of methoxy groups -OCH3 is 1. The van der Waals surface area contributed by atoms with Crippen LogP contribution in [-0.4, -0.2) is 37.3 Å². The van der Waals surface area contributed by atoms with Crippen LogP contribution in [0.1, 0.15) is 0 Å². The average Bonchev–Trinajstić information content (AvgIpc) is 2.96. The van der Waals surface area contributed by atoms with Gasteiger partial charge in [-0.3, -0.25) is 4.79 Å². The van der Waals surface area contributed by atoms with Gasteiger partial charge in [0.2, 0.25) is 5.91 Å². The molecule has 124 valence electrons. The van der Waals surface area contributed by atoms with Gasteiger partial charge in [-0.1, -0.05) is 0 Å². The van der Waals surface area contributed by atoms with Gasteiger partial charge in [0.25, 0.3) is 0 Å². The molecule has 1 heterocycles. The molecule has 0 bridgehead atoms. The lowest BCUT2D eigenvalue weighted by atomic mass is 10.2. The van der Waals surface area contributed by atoms with Crippen LogP contribution in [0.15, 0.2) is 29.6 Å². The zero-order valence-electron chi connectivity index (χ0n) is 12.2. The molecule has 1 amide bonds. The highest BCUT2D eigenvalue weighted by Crippen LogP contribution is 2.27. The highest BCUT2D eigenvalue weighted by Gasteiger charge is 2.15. The Morgan fingerprint density at radius 1 is 1.39 bits per heavy atom. The highest BCUT2D eigenvalue weighted by atomic mass is 32.1. The van der Waals surface area contributed by atoms with Crippen molar-refractivity contribution in [3.63, 3.8) is 0 Å². The molecule has 0 saturated carbocycles. The summed E-state index contributed by atoms with van der Waals surface area (Å²) in [7, 11) is 1.45. The number of nitrogens with two attached hydrogens (primary N) is 1. The van der Waals surface area contributed by atoms with E-state index in [-0.39, 0.29) is 12.4 Å². The van der Waals surface area contributed by atoms with Gasteiger partial charge in [0.05, 0.1) is 12.3 Å². The predicted octanol–water partition coefficient (Wildman–Crippen LogP) is 2.32. The second-order valence-electron chi connectivity index (χ2n) is 4.49. The third-order valence-electron chi connectivity index (χ3n) is 2.79. The minimum absolute atomic E-state index is 0.0676. The number of amides is 1. The molecule has 0 radical (unpaired) electrons. The molecule has 0 aliphatic rings. The van der Waals surface area contributed by atoms with Crippen LogP contribution in [-0.2, 0) is 9.53 Å². The number of carbonyl (C=O) groups is 1. The SMILES string of the molecule is COCC(N)C(=O)Nc1nc(-c2ccc(OC(F)F)cc2)cs1. The molecule has 1 atom stereocenters. The summed E-state index contributed by atoms with van der Waals surface area (Å²) >= 11 is 1.23. The molecule has 0 fully saturated rings. The molecule has 2 aromatic rings. The Labute approximate surface area is 135 Å². The molecule has 0 saturated heterocycles. The molecule has 0 spiro atoms. The van der Waals surface area contributed by atoms with Gasteiger partial charge in [-0.2, -0.15) is 8.78 Å². The van der Waals surface area contributed by atoms with Crippen molar-refractivity contribution in [2.45, 2.75) is 12.7 Å². The van der Waals surface area contributed by atoms with E-state index in [1.54, 1.807) is 17.5 Å². The Bertz CT molecular complexity index is 649. The van der Waals surface area contributed by atoms with Crippen molar-refractivity contribution in [3.05, 3.63) is 29.6 Å². The lowest BCUT2D eigenvalue weighted by Crippen LogP contribution is -2.39. The zero-order valence-corrected chi connectivity index (χ0v) is 13.0. The predicted molar refractivity (Wildman–Crippen MR) is 82.7 cm³/mol. The molecule has 1 aromatic carbocycles. The largest absolute Gasteiger partial charge is 0.435 e. The molecular weight excluding hydrogens is 328 g/mol. The molecule has 3 N–H and O–H groups in total. The molecular formula is C14H15F2N3O3S. The van der Waals surface area contributed by atoms with Crippen LogP contribution in [0, 0.1) is 0 Å². The number of hydrogen-bond acceptors (Lipinski definition) is 6. The van der Waals surface area contributed by atoms with Gasteiger partial charge in [-0.15, -0.1) is 11.3 Å². The molecule has 0 aliphatic heterocycles. The van der Waals surface area contributed by atoms with E-state index in [2.05, 4.69) is 15.0 Å². The molecule has 9 heteroatoms. The second-order valence-corrected chi connectivity index (χ2v) is 5.35. The lowest BCUT2D eigenvalue weighted by molar-refractivity contribution is -0.118. The number of hydrogen-bond donors (Lipinski definition) is 2. The van der Waals surface area contributed by atoms with Gasteiger partial charge < -0.3 is 20.5 Å². The summed E-state index contributed by atoms with van der Waals surface area (Å²) in [6, 6.07) is 5.28. The van der Waals surface area contributed by atoms with E-state index in [9.17, 15) is 13.6 Å². The normalized spacial score (nSPS) is 12.2. The molecule has 1 unspecified atom stereocenters. The summed E-state index contributed by atoms with van der Waals surface area (Å²) in [6.45, 7) is -2.76. The number of anilines is 1. The number of ether oxygens (including phenoxy) is 2. The Balaban J connectivity index is 2.02. The molecule has 23 heavy (non-hydrogen) atoms. The number of thiazole rings is 1. The van der Waals surface area contributed by atoms with E-state index >= 15 is 0 Å². The van der Waals surface area contributed by atoms with Crippen molar-refractivity contribution < 1.29 is 23.0 Å². The maximum atomic E-state index is 12.1. The van der Waals surface area contributed by atoms with Crippen molar-refractivity contribution in [3.8, 4) is 17.0 Å². The first kappa shape index (κ1) is 17.3. The van der Waals surface area contributed by atoms with E-state index in [1.807, 2.05) is 0 Å². The monoisotopic (exact) mass is 343 g/mol. The number of nitrogens with one attached hydrogen (secondary N) is 1. The maximum absolute atomic E-state index is 12.1. The molecule has 2 rings (SSSR count). The van der Waals surface area contributed by atoms with Crippen LogP contribution >= 0.6 is 11.3 Å². The molecule has 1 aromatic heterocycles. The summed E-state index contributed by atoms with van der Waals surface area (Å²) in [6.07, 6.45) is 0. The van der Waals surface area contributed by atoms with Crippen molar-refractivity contribution >= 4 is 22.4 Å². The minimum Gasteiger partial charge on any atom is -0.435 e. The van der Waals surface area contributed by atoms with E-state index < -0.39 is 18.6 Å². The van der Waals surface area contributed by atoms with Gasteiger partial charge in [0.15, 0.2) is 5.13 Å². The van der Waals surface area contributed by atoms with Crippen LogP contribution in [0.25, 0.3) is 11.3 Å². The quantitative estimate of drug-likeness (QED) is 0.806. The van der Waals surface area contributed by atoms with Crippen LogP contribution in [0.2, 0.25) is 0 Å². The lowest BCUT2D eigenvalue weighted by Gasteiger charge is -2.08. The van der Waals surface area contributed by atoms with Gasteiger partial charge in [-0.05, 0) is 24.3 Å². The van der Waals surface area contributed by atoms with E-state index in [4.69, 9.17) is 10.5 Å². The van der Waals surface area contributed by atoms with Crippen LogP contribution in [0.5, 0.6) is 5.75 Å². The van der Waals surface area contributed by atoms with E-state index in [0.29, 0.717) is 16.4 Å². The van der Waals surface area contributed by atoms with E-state index in [0.717, 1.165) is 0 Å². The summed E-state index contributed by atoms with van der Waals surface area (Å²) in [5, 5.41) is 4.72. The number of carbonyl (C=O) groups excluding carboxylic acids is 1. The van der Waals surface area contributed by atoms with Crippen molar-refractivity contribution in [2.75, 3.05) is 19.0 Å². The van der Waals surface area contributed by atoms with Crippen LogP contribution < -0.4 is 15.8 Å². The third kappa shape index (κ3) is 4.95. The smallest absolute Gasteiger partial charge is 0.387 e. The first-order chi connectivity index (χ1) is 11.0. The fraction of sp³-hybridized carbons (Fsp3) is 0.286. The van der Waals surface area contributed by atoms with Crippen molar-refractivity contribution in [1.82, 2.24) is 4.98 Å². The number of halogens is 2. The number of nitrogens with zero attached hydrogens (tertiary/aromatic N) is 1. The third-order valence-corrected chi connectivity index (χ3v) is 3.55. The highest BCUT2D eigenvalue weighted by molar-refractivity contribution is 7.14. The molecule has 6 nitrogen and oxygen atoms in total. The standard InChI is InChI=1S/C14H15F2N3O3S/c1-21-6-10(17)12(20)19-14-18-11(7-23-14)8-2-4-9(5-3-8)22-13(15)16/h2-5,7,10,13H,6,17H2,1H3,(H,18,19,20). The summed E-state index contributed by atoms with van der Waals surface area (Å²) in [4.78, 5) is 16.0.